The van der Waals surface area contributed by atoms with E-state index in [1.165, 1.54) is 18.3 Å². The van der Waals surface area contributed by atoms with Gasteiger partial charge in [0.15, 0.2) is 0 Å². The maximum Gasteiger partial charge on any atom is 0.329 e. The molecule has 0 spiro atoms. The normalized spacial score (nSPS) is 17.0. The molecule has 0 unspecified atom stereocenters. The Morgan fingerprint density at radius 3 is 2.43 bits per heavy atom. The minimum atomic E-state index is -1.24. The molecule has 1 aliphatic rings. The van der Waals surface area contributed by atoms with E-state index in [0.717, 1.165) is 0 Å². The van der Waals surface area contributed by atoms with Crippen LogP contribution in [0.5, 0.6) is 0 Å². The maximum absolute atomic E-state index is 12.1. The molecule has 2 heterocycles. The van der Waals surface area contributed by atoms with E-state index in [1.54, 1.807) is 11.8 Å². The van der Waals surface area contributed by atoms with Gasteiger partial charge in [0, 0.05) is 6.20 Å². The zero-order valence-electron chi connectivity index (χ0n) is 11.2. The lowest BCUT2D eigenvalue weighted by atomic mass is 9.92. The molecule has 112 valence electrons. The molecule has 0 aliphatic carbocycles. The van der Waals surface area contributed by atoms with E-state index >= 15 is 0 Å². The molecule has 0 aromatic carbocycles. The topological polar surface area (TPSA) is 122 Å². The van der Waals surface area contributed by atoms with Crippen LogP contribution in [0.4, 0.5) is 0 Å². The van der Waals surface area contributed by atoms with E-state index in [9.17, 15) is 19.5 Å². The van der Waals surface area contributed by atoms with Crippen molar-refractivity contribution in [3.63, 3.8) is 0 Å². The summed E-state index contributed by atoms with van der Waals surface area (Å²) < 4.78 is 0. The van der Waals surface area contributed by atoms with Gasteiger partial charge < -0.3 is 16.2 Å². The van der Waals surface area contributed by atoms with Crippen molar-refractivity contribution in [1.82, 2.24) is 10.3 Å². The Morgan fingerprint density at radius 2 is 1.95 bits per heavy atom. The highest BCUT2D eigenvalue weighted by molar-refractivity contribution is 7.99. The Balaban J connectivity index is 2.15. The first-order valence-electron chi connectivity index (χ1n) is 6.34. The van der Waals surface area contributed by atoms with Gasteiger partial charge in [-0.1, -0.05) is 0 Å². The minimum Gasteiger partial charge on any atom is -0.480 e. The molecular weight excluding hydrogens is 294 g/mol. The lowest BCUT2D eigenvalue weighted by Crippen LogP contribution is -2.56. The van der Waals surface area contributed by atoms with Crippen molar-refractivity contribution in [2.45, 2.75) is 18.4 Å². The summed E-state index contributed by atoms with van der Waals surface area (Å²) in [5.41, 5.74) is 4.09. The fourth-order valence-electron chi connectivity index (χ4n) is 2.07. The number of carboxylic acids is 1. The first-order valence-corrected chi connectivity index (χ1v) is 7.49. The average Bonchev–Trinajstić information content (AvgIpc) is 2.48. The van der Waals surface area contributed by atoms with Gasteiger partial charge in [-0.2, -0.15) is 11.8 Å². The number of hydrogen-bond acceptors (Lipinski definition) is 5. The summed E-state index contributed by atoms with van der Waals surface area (Å²) in [7, 11) is 0. The monoisotopic (exact) mass is 309 g/mol. The fourth-order valence-corrected chi connectivity index (χ4v) is 3.26. The molecule has 7 nitrogen and oxygen atoms in total. The minimum absolute atomic E-state index is 0.0545. The van der Waals surface area contributed by atoms with Gasteiger partial charge in [-0.15, -0.1) is 0 Å². The number of primary amides is 1. The number of hydrogen-bond donors (Lipinski definition) is 3. The van der Waals surface area contributed by atoms with Crippen LogP contribution in [0, 0.1) is 0 Å². The molecule has 1 saturated heterocycles. The van der Waals surface area contributed by atoms with Gasteiger partial charge >= 0.3 is 5.97 Å². The lowest BCUT2D eigenvalue weighted by Gasteiger charge is -2.33. The zero-order valence-corrected chi connectivity index (χ0v) is 12.0. The predicted octanol–water partition coefficient (Wildman–Crippen LogP) is 0.261. The smallest absolute Gasteiger partial charge is 0.329 e. The molecule has 1 aromatic heterocycles. The fraction of sp³-hybridized carbons (Fsp3) is 0.385. The molecule has 0 bridgehead atoms. The Labute approximate surface area is 125 Å². The molecule has 0 radical (unpaired) electrons. The molecule has 2 amide bonds. The number of pyridine rings is 1. The number of carboxylic acid groups (broad SMARTS) is 1. The number of aromatic nitrogens is 1. The molecule has 8 heteroatoms. The molecule has 0 atom stereocenters. The van der Waals surface area contributed by atoms with Crippen LogP contribution < -0.4 is 11.1 Å². The van der Waals surface area contributed by atoms with Crippen molar-refractivity contribution in [3.8, 4) is 0 Å². The zero-order chi connectivity index (χ0) is 15.5. The second-order valence-electron chi connectivity index (χ2n) is 4.75. The van der Waals surface area contributed by atoms with Gasteiger partial charge in [0.05, 0.1) is 5.56 Å². The summed E-state index contributed by atoms with van der Waals surface area (Å²) in [5, 5.41) is 12.0. The number of nitrogens with two attached hydrogens (primary N) is 1. The van der Waals surface area contributed by atoms with Crippen LogP contribution >= 0.6 is 11.8 Å². The highest BCUT2D eigenvalue weighted by atomic mass is 32.2. The molecule has 0 saturated carbocycles. The van der Waals surface area contributed by atoms with Crippen LogP contribution in [0.15, 0.2) is 18.3 Å². The summed E-state index contributed by atoms with van der Waals surface area (Å²) >= 11 is 1.66. The van der Waals surface area contributed by atoms with Crippen molar-refractivity contribution >= 4 is 29.5 Å². The summed E-state index contributed by atoms with van der Waals surface area (Å²) in [4.78, 5) is 38.4. The predicted molar refractivity (Wildman–Crippen MR) is 77.1 cm³/mol. The standard InChI is InChI=1S/C13H15N3O4S/c14-10(17)8-1-2-9(15-7-8)11(18)16-13(12(19)20)3-5-21-6-4-13/h1-2,7H,3-6H2,(H2,14,17)(H,16,18)(H,19,20). The van der Waals surface area contributed by atoms with Gasteiger partial charge in [0.1, 0.15) is 11.2 Å². The molecule has 2 rings (SSSR count). The van der Waals surface area contributed by atoms with Crippen LogP contribution in [0.3, 0.4) is 0 Å². The van der Waals surface area contributed by atoms with E-state index in [0.29, 0.717) is 24.3 Å². The molecule has 4 N–H and O–H groups in total. The van der Waals surface area contributed by atoms with E-state index in [1.807, 2.05) is 0 Å². The van der Waals surface area contributed by atoms with Crippen molar-refractivity contribution in [2.75, 3.05) is 11.5 Å². The summed E-state index contributed by atoms with van der Waals surface area (Å²) in [6, 6.07) is 2.73. The molecule has 1 aromatic rings. The molecular formula is C13H15N3O4S. The number of nitrogens with zero attached hydrogens (tertiary/aromatic N) is 1. The third-order valence-corrected chi connectivity index (χ3v) is 4.37. The molecule has 21 heavy (non-hydrogen) atoms. The van der Waals surface area contributed by atoms with Crippen LogP contribution in [0.2, 0.25) is 0 Å². The molecule has 1 aliphatic heterocycles. The van der Waals surface area contributed by atoms with E-state index < -0.39 is 23.3 Å². The van der Waals surface area contributed by atoms with Gasteiger partial charge in [-0.25, -0.2) is 4.79 Å². The van der Waals surface area contributed by atoms with Gasteiger partial charge in [0.25, 0.3) is 5.91 Å². The van der Waals surface area contributed by atoms with Gasteiger partial charge in [-0.05, 0) is 36.5 Å². The Kier molecular flexibility index (Phi) is 4.46. The van der Waals surface area contributed by atoms with Crippen molar-refractivity contribution in [1.29, 1.82) is 0 Å². The quantitative estimate of drug-likeness (QED) is 0.733. The van der Waals surface area contributed by atoms with Gasteiger partial charge in [-0.3, -0.25) is 14.6 Å². The summed E-state index contributed by atoms with van der Waals surface area (Å²) in [5.74, 6) is -0.882. The number of aliphatic carboxylic acids is 1. The Hall–Kier alpha value is -2.09. The van der Waals surface area contributed by atoms with E-state index in [2.05, 4.69) is 10.3 Å². The largest absolute Gasteiger partial charge is 0.480 e. The van der Waals surface area contributed by atoms with E-state index in [-0.39, 0.29) is 11.3 Å². The van der Waals surface area contributed by atoms with Crippen LogP contribution in [0.25, 0.3) is 0 Å². The first kappa shape index (κ1) is 15.3. The lowest BCUT2D eigenvalue weighted by molar-refractivity contribution is -0.144. The van der Waals surface area contributed by atoms with Crippen LogP contribution in [-0.4, -0.2) is 44.9 Å². The number of rotatable bonds is 4. The average molecular weight is 309 g/mol. The molecule has 1 fully saturated rings. The Bertz CT molecular complexity index is 567. The number of nitrogens with one attached hydrogen (secondary N) is 1. The van der Waals surface area contributed by atoms with Crippen molar-refractivity contribution < 1.29 is 19.5 Å². The second kappa shape index (κ2) is 6.13. The summed E-state index contributed by atoms with van der Waals surface area (Å²) in [6.07, 6.45) is 1.94. The first-order chi connectivity index (χ1) is 9.94. The van der Waals surface area contributed by atoms with Crippen LogP contribution in [-0.2, 0) is 4.79 Å². The highest BCUT2D eigenvalue weighted by Crippen LogP contribution is 2.27. The Morgan fingerprint density at radius 1 is 1.29 bits per heavy atom. The number of thioether (sulfide) groups is 1. The van der Waals surface area contributed by atoms with Crippen molar-refractivity contribution in [2.24, 2.45) is 5.73 Å². The maximum atomic E-state index is 12.1. The number of carbonyl (C=O) groups is 3. The van der Waals surface area contributed by atoms with Crippen molar-refractivity contribution in [3.05, 3.63) is 29.6 Å². The van der Waals surface area contributed by atoms with Crippen LogP contribution in [0.1, 0.15) is 33.7 Å². The highest BCUT2D eigenvalue weighted by Gasteiger charge is 2.41. The summed E-state index contributed by atoms with van der Waals surface area (Å²) in [6.45, 7) is 0. The third kappa shape index (κ3) is 3.33. The van der Waals surface area contributed by atoms with E-state index in [4.69, 9.17) is 5.73 Å². The number of amides is 2. The second-order valence-corrected chi connectivity index (χ2v) is 5.97. The van der Waals surface area contributed by atoms with Gasteiger partial charge in [0.2, 0.25) is 5.91 Å². The SMILES string of the molecule is NC(=O)c1ccc(C(=O)NC2(C(=O)O)CCSCC2)nc1. The number of carbonyl (C=O) groups excluding carboxylic acids is 2. The third-order valence-electron chi connectivity index (χ3n) is 3.39.